The van der Waals surface area contributed by atoms with Crippen molar-refractivity contribution in [2.75, 3.05) is 60.0 Å². The number of likely N-dealkylation sites (N-methyl/N-ethyl adjacent to an activating group) is 1. The van der Waals surface area contributed by atoms with E-state index in [2.05, 4.69) is 30.3 Å². The van der Waals surface area contributed by atoms with Gasteiger partial charge in [0.05, 0.1) is 31.7 Å². The fraction of sp³-hybridized carbons (Fsp3) is 0.725. The number of fused-ring (bicyclic) bond motifs is 4. The third-order valence-corrected chi connectivity index (χ3v) is 13.3. The molecule has 6 aliphatic rings. The first-order chi connectivity index (χ1) is 24.7. The molecule has 1 aliphatic carbocycles. The van der Waals surface area contributed by atoms with Crippen LogP contribution in [0.1, 0.15) is 70.8 Å². The Morgan fingerprint density at radius 3 is 2.42 bits per heavy atom. The third-order valence-electron chi connectivity index (χ3n) is 13.3. The number of methoxy groups -OCH3 is 1. The molecule has 0 unspecified atom stereocenters. The number of rotatable bonds is 12. The van der Waals surface area contributed by atoms with Gasteiger partial charge in [-0.2, -0.15) is 0 Å². The zero-order valence-electron chi connectivity index (χ0n) is 32.1. The fourth-order valence-corrected chi connectivity index (χ4v) is 9.46. The summed E-state index contributed by atoms with van der Waals surface area (Å²) in [6, 6.07) is 3.39. The number of ether oxygens (including phenoxy) is 5. The number of aromatic nitrogens is 1. The van der Waals surface area contributed by atoms with Gasteiger partial charge in [-0.15, -0.1) is 0 Å². The minimum Gasteiger partial charge on any atom is -0.459 e. The third kappa shape index (κ3) is 7.78. The molecule has 1 aromatic heterocycles. The van der Waals surface area contributed by atoms with Gasteiger partial charge < -0.3 is 42.7 Å². The van der Waals surface area contributed by atoms with Crippen LogP contribution in [0.5, 0.6) is 0 Å². The van der Waals surface area contributed by atoms with Crippen LogP contribution in [0.25, 0.3) is 0 Å². The van der Waals surface area contributed by atoms with Crippen LogP contribution in [-0.2, 0) is 33.3 Å². The highest BCUT2D eigenvalue weighted by Gasteiger charge is 2.58. The summed E-state index contributed by atoms with van der Waals surface area (Å²) in [4.78, 5) is 43.0. The lowest BCUT2D eigenvalue weighted by molar-refractivity contribution is -1.07. The Bertz CT molecular complexity index is 1480. The minimum atomic E-state index is -0.879. The van der Waals surface area contributed by atoms with E-state index in [4.69, 9.17) is 23.7 Å². The molecule has 2 N–H and O–H groups in total. The fourth-order valence-electron chi connectivity index (χ4n) is 9.46. The maximum absolute atomic E-state index is 13.7. The van der Waals surface area contributed by atoms with E-state index in [0.29, 0.717) is 25.0 Å². The molecule has 288 valence electrons. The summed E-state index contributed by atoms with van der Waals surface area (Å²) in [5.74, 6) is -2.38. The standard InChI is InChI=1S/C40H60N3O9/c1-25-22-26(2)40-24-30(37(52-40)36(27(3)28(4)44)51-38(46)32-10-8-14-41-32)12-13-31(40)23-33(48-7)39(47)50-35(25)29(5)49-34(45)11-9-15-43-19-16-42(6,17-20-43)18-21-43/h8,10,12-14,22,25,27-31,33,35-37,44H,9,11,15-21,23-24H2,1-7H3/q+1/p+1/b26-22+/t25-,27-,28+,29-,30-,31-,33+,35+,36-,37-,40+,42?,43?/m1/s1. The van der Waals surface area contributed by atoms with E-state index in [1.54, 1.807) is 32.2 Å². The molecule has 12 nitrogen and oxygen atoms in total. The molecule has 4 fully saturated rings. The van der Waals surface area contributed by atoms with Crippen LogP contribution in [0.3, 0.4) is 0 Å². The number of nitrogens with one attached hydrogen (secondary N) is 1. The van der Waals surface area contributed by atoms with E-state index in [1.807, 2.05) is 20.8 Å². The molecule has 5 aliphatic heterocycles. The number of aliphatic hydroxyl groups excluding tert-OH is 1. The summed E-state index contributed by atoms with van der Waals surface area (Å²) in [6.45, 7) is 17.5. The van der Waals surface area contributed by atoms with E-state index in [-0.39, 0.29) is 23.7 Å². The SMILES string of the molecule is CO[C@H]1C[C@H]2C=C[C@@H]3C[C@]2(O[C@H]3[C@H](OC(=O)c2ccc[nH]2)[C@H](C)[C@H](C)O)/C(C)=C/[C@@H](C)[C@@H]([C@@H](C)OC(=O)CCC[N+]23CC[N+](C)(CC2)CC3)OC1=O. The molecule has 52 heavy (non-hydrogen) atoms. The lowest BCUT2D eigenvalue weighted by Crippen LogP contribution is -2.73. The van der Waals surface area contributed by atoms with Crippen LogP contribution < -0.4 is 0 Å². The van der Waals surface area contributed by atoms with Crippen LogP contribution in [0, 0.1) is 23.7 Å². The number of cyclic esters (lactones) is 1. The molecule has 0 aromatic carbocycles. The first kappa shape index (κ1) is 38.7. The first-order valence-corrected chi connectivity index (χ1v) is 19.4. The number of aromatic amines is 1. The van der Waals surface area contributed by atoms with Gasteiger partial charge in [-0.25, -0.2) is 9.59 Å². The molecule has 4 bridgehead atoms. The normalized spacial score (nSPS) is 38.9. The highest BCUT2D eigenvalue weighted by Crippen LogP contribution is 2.53. The molecule has 0 saturated carbocycles. The van der Waals surface area contributed by atoms with Crippen molar-refractivity contribution >= 4 is 17.9 Å². The van der Waals surface area contributed by atoms with Crippen LogP contribution in [0.4, 0.5) is 0 Å². The molecule has 4 saturated heterocycles. The van der Waals surface area contributed by atoms with Crippen molar-refractivity contribution < 1.29 is 52.1 Å². The molecule has 11 atom stereocenters. The van der Waals surface area contributed by atoms with E-state index < -0.39 is 60.1 Å². The smallest absolute Gasteiger partial charge is 0.355 e. The van der Waals surface area contributed by atoms with Gasteiger partial charge in [0.25, 0.3) is 0 Å². The summed E-state index contributed by atoms with van der Waals surface area (Å²) in [5.41, 5.74) is 0.466. The first-order valence-electron chi connectivity index (χ1n) is 19.4. The van der Waals surface area contributed by atoms with Crippen LogP contribution >= 0.6 is 0 Å². The predicted octanol–water partition coefficient (Wildman–Crippen LogP) is 3.80. The zero-order valence-corrected chi connectivity index (χ0v) is 32.1. The molecule has 12 heteroatoms. The highest BCUT2D eigenvalue weighted by molar-refractivity contribution is 5.87. The van der Waals surface area contributed by atoms with Crippen molar-refractivity contribution in [2.24, 2.45) is 23.7 Å². The summed E-state index contributed by atoms with van der Waals surface area (Å²) in [5, 5.41) is 10.7. The number of hydrogen-bond donors (Lipinski definition) is 2. The number of nitrogens with zero attached hydrogens (tertiary/aromatic N) is 2. The quantitative estimate of drug-likeness (QED) is 0.143. The Labute approximate surface area is 308 Å². The van der Waals surface area contributed by atoms with Gasteiger partial charge in [-0.05, 0) is 51.3 Å². The van der Waals surface area contributed by atoms with Gasteiger partial charge in [0.2, 0.25) is 0 Å². The monoisotopic (exact) mass is 727 g/mol. The van der Waals surface area contributed by atoms with Gasteiger partial charge in [0.15, 0.2) is 6.10 Å². The molecule has 1 spiro atoms. The van der Waals surface area contributed by atoms with Gasteiger partial charge in [-0.1, -0.05) is 32.1 Å². The van der Waals surface area contributed by atoms with Crippen molar-refractivity contribution in [1.82, 2.24) is 4.98 Å². The number of hydrogen-bond acceptors (Lipinski definition) is 9. The van der Waals surface area contributed by atoms with Gasteiger partial charge in [0, 0.05) is 43.4 Å². The lowest BCUT2D eigenvalue weighted by atomic mass is 9.69. The summed E-state index contributed by atoms with van der Waals surface area (Å²) < 4.78 is 33.3. The number of aliphatic hydroxyl groups is 1. The Balaban J connectivity index is 1.19. The number of carbonyl (C=O) groups is 3. The minimum absolute atomic E-state index is 0.104. The molecular weight excluding hydrogens is 666 g/mol. The van der Waals surface area contributed by atoms with E-state index in [9.17, 15) is 19.5 Å². The van der Waals surface area contributed by atoms with E-state index >= 15 is 0 Å². The van der Waals surface area contributed by atoms with Crippen LogP contribution in [0.15, 0.2) is 42.1 Å². The molecular formula is C40H61N3O9+2. The summed E-state index contributed by atoms with van der Waals surface area (Å²) >= 11 is 0. The second kappa shape index (κ2) is 15.4. The molecule has 7 rings (SSSR count). The molecule has 0 amide bonds. The van der Waals surface area contributed by atoms with E-state index in [1.165, 1.54) is 50.9 Å². The Morgan fingerprint density at radius 2 is 1.79 bits per heavy atom. The van der Waals surface area contributed by atoms with Crippen molar-refractivity contribution in [3.8, 4) is 0 Å². The number of H-pyrrole nitrogens is 1. The second-order valence-electron chi connectivity index (χ2n) is 16.8. The Kier molecular flexibility index (Phi) is 11.4. The molecule has 6 heterocycles. The van der Waals surface area contributed by atoms with Crippen molar-refractivity contribution in [2.45, 2.75) is 103 Å². The summed E-state index contributed by atoms with van der Waals surface area (Å²) in [7, 11) is 3.85. The van der Waals surface area contributed by atoms with Gasteiger partial charge in [0.1, 0.15) is 69.4 Å². The maximum Gasteiger partial charge on any atom is 0.355 e. The lowest BCUT2D eigenvalue weighted by Gasteiger charge is -2.54. The number of carbonyl (C=O) groups excluding carboxylic acids is 3. The maximum atomic E-state index is 13.7. The van der Waals surface area contributed by atoms with Crippen molar-refractivity contribution in [1.29, 1.82) is 0 Å². The van der Waals surface area contributed by atoms with E-state index in [0.717, 1.165) is 23.0 Å². The summed E-state index contributed by atoms with van der Waals surface area (Å²) in [6.07, 6.45) is 5.59. The zero-order chi connectivity index (χ0) is 37.4. The molecule has 1 aromatic rings. The number of piperazine rings is 3. The Morgan fingerprint density at radius 1 is 1.08 bits per heavy atom. The number of esters is 3. The highest BCUT2D eigenvalue weighted by atomic mass is 16.6. The number of quaternary nitrogens is 2. The largest absolute Gasteiger partial charge is 0.459 e. The average molecular weight is 728 g/mol. The van der Waals surface area contributed by atoms with Gasteiger partial charge >= 0.3 is 17.9 Å². The van der Waals surface area contributed by atoms with Gasteiger partial charge in [-0.3, -0.25) is 4.79 Å². The van der Waals surface area contributed by atoms with Crippen molar-refractivity contribution in [3.63, 3.8) is 0 Å². The predicted molar refractivity (Wildman–Crippen MR) is 193 cm³/mol. The second-order valence-corrected chi connectivity index (χ2v) is 16.8. The average Bonchev–Trinajstić information content (AvgIpc) is 3.77. The van der Waals surface area contributed by atoms with Crippen LogP contribution in [-0.4, -0.2) is 139 Å². The van der Waals surface area contributed by atoms with Crippen LogP contribution in [0.2, 0.25) is 0 Å². The van der Waals surface area contributed by atoms with Crippen molar-refractivity contribution in [3.05, 3.63) is 47.8 Å². The topological polar surface area (TPSA) is 133 Å². The Hall–Kier alpha value is -3.03. The molecule has 0 radical (unpaired) electrons.